The fourth-order valence-corrected chi connectivity index (χ4v) is 3.93. The van der Waals surface area contributed by atoms with E-state index >= 15 is 0 Å². The Kier molecular flexibility index (Phi) is 5.08. The highest BCUT2D eigenvalue weighted by molar-refractivity contribution is 7.99. The largest absolute Gasteiger partial charge is 0.296 e. The molecule has 0 unspecified atom stereocenters. The molecular weight excluding hydrogens is 408 g/mol. The zero-order chi connectivity index (χ0) is 18.6. The highest BCUT2D eigenvalue weighted by atomic mass is 32.2. The van der Waals surface area contributed by atoms with Gasteiger partial charge >= 0.3 is 0 Å². The second kappa shape index (κ2) is 7.81. The molecule has 0 atom stereocenters. The number of carbonyl (C=O) groups is 1. The van der Waals surface area contributed by atoms with E-state index in [2.05, 4.69) is 46.0 Å². The van der Waals surface area contributed by atoms with E-state index in [1.807, 2.05) is 0 Å². The number of tetrazole rings is 1. The van der Waals surface area contributed by atoms with Crippen LogP contribution in [-0.4, -0.2) is 51.3 Å². The van der Waals surface area contributed by atoms with Crippen molar-refractivity contribution in [3.05, 3.63) is 35.7 Å². The molecule has 136 valence electrons. The van der Waals surface area contributed by atoms with Gasteiger partial charge in [0.05, 0.1) is 0 Å². The third-order valence-electron chi connectivity index (χ3n) is 3.08. The molecule has 0 saturated carbocycles. The average Bonchev–Trinajstić information content (AvgIpc) is 3.41. The number of hydrogen-bond acceptors (Lipinski definition) is 11. The number of aryl methyl sites for hydroxylation is 1. The van der Waals surface area contributed by atoms with E-state index in [1.165, 1.54) is 45.9 Å². The topological polar surface area (TPSA) is 140 Å². The van der Waals surface area contributed by atoms with E-state index in [0.29, 0.717) is 25.4 Å². The maximum absolute atomic E-state index is 12.8. The minimum Gasteiger partial charge on any atom is -0.296 e. The van der Waals surface area contributed by atoms with Crippen LogP contribution >= 0.6 is 34.9 Å². The zero-order valence-electron chi connectivity index (χ0n) is 13.6. The van der Waals surface area contributed by atoms with Crippen LogP contribution < -0.4 is 5.32 Å². The van der Waals surface area contributed by atoms with E-state index in [0.717, 1.165) is 0 Å². The molecule has 0 aromatic carbocycles. The summed E-state index contributed by atoms with van der Waals surface area (Å²) in [5.74, 6) is -0.373. The Balaban J connectivity index is 1.66. The van der Waals surface area contributed by atoms with Crippen molar-refractivity contribution in [1.29, 1.82) is 0 Å². The summed E-state index contributed by atoms with van der Waals surface area (Å²) in [4.78, 5) is 26.0. The number of aromatic amines is 1. The third-order valence-corrected chi connectivity index (χ3v) is 5.67. The van der Waals surface area contributed by atoms with Crippen LogP contribution in [0.4, 0.5) is 5.13 Å². The van der Waals surface area contributed by atoms with Gasteiger partial charge in [-0.3, -0.25) is 15.2 Å². The van der Waals surface area contributed by atoms with Crippen molar-refractivity contribution in [1.82, 2.24) is 45.4 Å². The number of hydrogen-bond donors (Lipinski definition) is 2. The number of anilines is 1. The Morgan fingerprint density at radius 3 is 2.93 bits per heavy atom. The van der Waals surface area contributed by atoms with Gasteiger partial charge < -0.3 is 0 Å². The SMILES string of the molecule is Cn1nnnc1Sc1ccc(Sc2ncn[nH]2)nc1C(=O)Nc1nccs1. The quantitative estimate of drug-likeness (QED) is 0.475. The number of pyridine rings is 1. The van der Waals surface area contributed by atoms with Gasteiger partial charge in [0.15, 0.2) is 10.3 Å². The predicted molar refractivity (Wildman–Crippen MR) is 97.7 cm³/mol. The van der Waals surface area contributed by atoms with E-state index < -0.39 is 0 Å². The molecule has 0 aliphatic rings. The second-order valence-corrected chi connectivity index (χ2v) is 7.78. The fourth-order valence-electron chi connectivity index (χ4n) is 1.92. The van der Waals surface area contributed by atoms with Crippen LogP contribution in [0.1, 0.15) is 10.5 Å². The molecule has 0 aliphatic carbocycles. The third kappa shape index (κ3) is 4.12. The highest BCUT2D eigenvalue weighted by Gasteiger charge is 2.19. The summed E-state index contributed by atoms with van der Waals surface area (Å²) >= 11 is 3.84. The second-order valence-electron chi connectivity index (χ2n) is 4.87. The van der Waals surface area contributed by atoms with Gasteiger partial charge in [-0.1, -0.05) is 0 Å². The molecule has 14 heteroatoms. The van der Waals surface area contributed by atoms with Crippen molar-refractivity contribution in [2.75, 3.05) is 5.32 Å². The van der Waals surface area contributed by atoms with Crippen molar-refractivity contribution >= 4 is 45.9 Å². The van der Waals surface area contributed by atoms with Crippen molar-refractivity contribution in [3.8, 4) is 0 Å². The number of rotatable bonds is 6. The average molecular weight is 418 g/mol. The summed E-state index contributed by atoms with van der Waals surface area (Å²) in [7, 11) is 1.72. The van der Waals surface area contributed by atoms with Crippen molar-refractivity contribution in [2.24, 2.45) is 7.05 Å². The van der Waals surface area contributed by atoms with Gasteiger partial charge in [0, 0.05) is 23.5 Å². The van der Waals surface area contributed by atoms with Crippen molar-refractivity contribution in [2.45, 2.75) is 20.2 Å². The van der Waals surface area contributed by atoms with Gasteiger partial charge in [-0.15, -0.1) is 16.4 Å². The molecule has 0 saturated heterocycles. The van der Waals surface area contributed by atoms with Gasteiger partial charge in [-0.2, -0.15) is 5.10 Å². The minimum atomic E-state index is -0.373. The molecular formula is C13H10N10OS3. The monoisotopic (exact) mass is 418 g/mol. The number of thiazole rings is 1. The molecule has 27 heavy (non-hydrogen) atoms. The Morgan fingerprint density at radius 1 is 1.30 bits per heavy atom. The van der Waals surface area contributed by atoms with Gasteiger partial charge in [0.2, 0.25) is 5.16 Å². The fraction of sp³-hybridized carbons (Fsp3) is 0.0769. The van der Waals surface area contributed by atoms with Gasteiger partial charge in [-0.25, -0.2) is 19.6 Å². The van der Waals surface area contributed by atoms with E-state index in [-0.39, 0.29) is 11.6 Å². The first-order valence-electron chi connectivity index (χ1n) is 7.34. The maximum Gasteiger partial charge on any atom is 0.277 e. The molecule has 1 amide bonds. The summed E-state index contributed by atoms with van der Waals surface area (Å²) in [5.41, 5.74) is 0.239. The molecule has 0 aliphatic heterocycles. The minimum absolute atomic E-state index is 0.239. The number of amides is 1. The number of aromatic nitrogens is 9. The van der Waals surface area contributed by atoms with Crippen molar-refractivity contribution in [3.63, 3.8) is 0 Å². The van der Waals surface area contributed by atoms with Crippen molar-refractivity contribution < 1.29 is 4.79 Å². The summed E-state index contributed by atoms with van der Waals surface area (Å²) in [5, 5.41) is 24.6. The van der Waals surface area contributed by atoms with E-state index in [4.69, 9.17) is 0 Å². The first-order valence-corrected chi connectivity index (χ1v) is 9.85. The number of carbonyl (C=O) groups excluding carboxylic acids is 1. The smallest absolute Gasteiger partial charge is 0.277 e. The molecule has 0 radical (unpaired) electrons. The molecule has 4 rings (SSSR count). The molecule has 0 spiro atoms. The summed E-state index contributed by atoms with van der Waals surface area (Å²) in [6.45, 7) is 0. The van der Waals surface area contributed by atoms with Crippen LogP contribution in [0.25, 0.3) is 0 Å². The number of nitrogens with one attached hydrogen (secondary N) is 2. The molecule has 4 aromatic rings. The number of H-pyrrole nitrogens is 1. The standard InChI is InChI=1S/C13H10N10OS3/c1-23-13(20-21-22-23)26-7-2-3-8(27-12-15-6-16-19-12)17-9(7)10(24)18-11-14-4-5-25-11/h2-6H,1H3,(H,14,18,24)(H,15,16,19). The predicted octanol–water partition coefficient (Wildman–Crippen LogP) is 1.73. The van der Waals surface area contributed by atoms with Crippen LogP contribution in [0.15, 0.2) is 50.3 Å². The molecule has 0 bridgehead atoms. The van der Waals surface area contributed by atoms with Gasteiger partial charge in [-0.05, 0) is 46.1 Å². The van der Waals surface area contributed by atoms with Crippen LogP contribution in [-0.2, 0) is 7.05 Å². The molecule has 2 N–H and O–H groups in total. The Hall–Kier alpha value is -2.84. The highest BCUT2D eigenvalue weighted by Crippen LogP contribution is 2.31. The zero-order valence-corrected chi connectivity index (χ0v) is 16.0. The summed E-state index contributed by atoms with van der Waals surface area (Å²) in [6.07, 6.45) is 3.02. The maximum atomic E-state index is 12.8. The Labute approximate surface area is 164 Å². The molecule has 0 fully saturated rings. The molecule has 4 heterocycles. The first kappa shape index (κ1) is 17.6. The van der Waals surface area contributed by atoms with Crippen LogP contribution in [0.3, 0.4) is 0 Å². The Morgan fingerprint density at radius 2 is 2.22 bits per heavy atom. The van der Waals surface area contributed by atoms with Gasteiger partial charge in [0.25, 0.3) is 5.91 Å². The number of nitrogens with zero attached hydrogens (tertiary/aromatic N) is 8. The lowest BCUT2D eigenvalue weighted by Crippen LogP contribution is -2.15. The lowest BCUT2D eigenvalue weighted by atomic mass is 10.3. The normalized spacial score (nSPS) is 10.9. The lowest BCUT2D eigenvalue weighted by Gasteiger charge is -2.09. The summed E-state index contributed by atoms with van der Waals surface area (Å²) < 4.78 is 1.52. The van der Waals surface area contributed by atoms with Crippen LogP contribution in [0, 0.1) is 0 Å². The van der Waals surface area contributed by atoms with Crippen LogP contribution in [0.2, 0.25) is 0 Å². The van der Waals surface area contributed by atoms with Gasteiger partial charge in [0.1, 0.15) is 17.0 Å². The first-order chi connectivity index (χ1) is 13.2. The van der Waals surface area contributed by atoms with Crippen LogP contribution in [0.5, 0.6) is 0 Å². The summed E-state index contributed by atoms with van der Waals surface area (Å²) in [6, 6.07) is 3.58. The Bertz CT molecular complexity index is 1050. The molecule has 4 aromatic heterocycles. The molecule has 11 nitrogen and oxygen atoms in total. The lowest BCUT2D eigenvalue weighted by molar-refractivity contribution is 0.101. The van der Waals surface area contributed by atoms with E-state index in [1.54, 1.807) is 30.8 Å². The van der Waals surface area contributed by atoms with E-state index in [9.17, 15) is 4.79 Å².